The van der Waals surface area contributed by atoms with Gasteiger partial charge in [-0.2, -0.15) is 0 Å². The second-order valence-electron chi connectivity index (χ2n) is 9.08. The average molecular weight is 442 g/mol. The van der Waals surface area contributed by atoms with Crippen LogP contribution in [0.1, 0.15) is 31.3 Å². The SMILES string of the molecule is COc1cccc(-c2nc3sc(C)cn3c2CN2CCN(C(=O)NC(C)(C)C)CC2)c1. The maximum atomic E-state index is 12.5. The minimum Gasteiger partial charge on any atom is -0.497 e. The van der Waals surface area contributed by atoms with Gasteiger partial charge in [0.2, 0.25) is 0 Å². The summed E-state index contributed by atoms with van der Waals surface area (Å²) < 4.78 is 7.64. The maximum absolute atomic E-state index is 12.5. The molecule has 166 valence electrons. The van der Waals surface area contributed by atoms with Crippen molar-refractivity contribution in [1.29, 1.82) is 0 Å². The summed E-state index contributed by atoms with van der Waals surface area (Å²) in [5, 5.41) is 3.06. The van der Waals surface area contributed by atoms with Crippen LogP contribution < -0.4 is 10.1 Å². The molecule has 0 aliphatic carbocycles. The van der Waals surface area contributed by atoms with E-state index in [1.165, 1.54) is 10.6 Å². The molecule has 1 aliphatic rings. The Kier molecular flexibility index (Phi) is 5.94. The van der Waals surface area contributed by atoms with Crippen molar-refractivity contribution < 1.29 is 9.53 Å². The molecular weight excluding hydrogens is 410 g/mol. The van der Waals surface area contributed by atoms with Gasteiger partial charge >= 0.3 is 6.03 Å². The molecule has 0 spiro atoms. The van der Waals surface area contributed by atoms with Gasteiger partial charge in [-0.3, -0.25) is 9.30 Å². The zero-order valence-electron chi connectivity index (χ0n) is 18.9. The summed E-state index contributed by atoms with van der Waals surface area (Å²) in [5.41, 5.74) is 3.02. The molecule has 1 N–H and O–H groups in total. The van der Waals surface area contributed by atoms with E-state index in [1.807, 2.05) is 43.9 Å². The fourth-order valence-electron chi connectivity index (χ4n) is 3.87. The smallest absolute Gasteiger partial charge is 0.317 e. The Morgan fingerprint density at radius 1 is 1.23 bits per heavy atom. The van der Waals surface area contributed by atoms with Gasteiger partial charge in [-0.15, -0.1) is 11.3 Å². The van der Waals surface area contributed by atoms with Gasteiger partial charge in [0.1, 0.15) is 5.75 Å². The molecular formula is C23H31N5O2S. The van der Waals surface area contributed by atoms with Crippen molar-refractivity contribution in [1.82, 2.24) is 24.5 Å². The van der Waals surface area contributed by atoms with Gasteiger partial charge in [-0.25, -0.2) is 9.78 Å². The largest absolute Gasteiger partial charge is 0.497 e. The van der Waals surface area contributed by atoms with Crippen molar-refractivity contribution in [2.24, 2.45) is 0 Å². The molecule has 7 nitrogen and oxygen atoms in total. The predicted octanol–water partition coefficient (Wildman–Crippen LogP) is 4.01. The van der Waals surface area contributed by atoms with E-state index < -0.39 is 0 Å². The third kappa shape index (κ3) is 4.85. The Labute approximate surface area is 187 Å². The number of nitrogens with zero attached hydrogens (tertiary/aromatic N) is 4. The minimum absolute atomic E-state index is 0.0180. The number of piperazine rings is 1. The van der Waals surface area contributed by atoms with Crippen LogP contribution in [0.25, 0.3) is 16.2 Å². The Bertz CT molecular complexity index is 1070. The summed E-state index contributed by atoms with van der Waals surface area (Å²) in [6, 6.07) is 8.10. The number of thiazole rings is 1. The van der Waals surface area contributed by atoms with Crippen molar-refractivity contribution >= 4 is 22.3 Å². The molecule has 0 bridgehead atoms. The molecule has 31 heavy (non-hydrogen) atoms. The van der Waals surface area contributed by atoms with Crippen LogP contribution in [-0.2, 0) is 6.54 Å². The average Bonchev–Trinajstić information content (AvgIpc) is 3.24. The molecule has 0 atom stereocenters. The van der Waals surface area contributed by atoms with Crippen molar-refractivity contribution in [3.05, 3.63) is 41.0 Å². The van der Waals surface area contributed by atoms with E-state index in [2.05, 4.69) is 33.8 Å². The Balaban J connectivity index is 1.54. The number of methoxy groups -OCH3 is 1. The second kappa shape index (κ2) is 8.51. The molecule has 0 unspecified atom stereocenters. The molecule has 1 aromatic carbocycles. The van der Waals surface area contributed by atoms with Crippen LogP contribution in [-0.4, -0.2) is 64.0 Å². The molecule has 1 fully saturated rings. The van der Waals surface area contributed by atoms with E-state index in [0.717, 1.165) is 54.7 Å². The number of hydrogen-bond donors (Lipinski definition) is 1. The van der Waals surface area contributed by atoms with Crippen molar-refractivity contribution in [2.75, 3.05) is 33.3 Å². The lowest BCUT2D eigenvalue weighted by atomic mass is 10.1. The highest BCUT2D eigenvalue weighted by atomic mass is 32.1. The van der Waals surface area contributed by atoms with Gasteiger partial charge < -0.3 is 15.0 Å². The summed E-state index contributed by atoms with van der Waals surface area (Å²) in [5.74, 6) is 0.828. The minimum atomic E-state index is -0.222. The number of imidazole rings is 1. The van der Waals surface area contributed by atoms with Gasteiger partial charge in [0, 0.05) is 54.9 Å². The highest BCUT2D eigenvalue weighted by molar-refractivity contribution is 7.17. The number of nitrogens with one attached hydrogen (secondary N) is 1. The first-order valence-corrected chi connectivity index (χ1v) is 11.5. The number of aromatic nitrogens is 2. The maximum Gasteiger partial charge on any atom is 0.317 e. The first-order chi connectivity index (χ1) is 14.7. The van der Waals surface area contributed by atoms with Crippen LogP contribution in [0.3, 0.4) is 0 Å². The first kappa shape index (κ1) is 21.6. The third-order valence-electron chi connectivity index (χ3n) is 5.40. The van der Waals surface area contributed by atoms with Gasteiger partial charge in [0.15, 0.2) is 4.96 Å². The zero-order valence-corrected chi connectivity index (χ0v) is 19.8. The highest BCUT2D eigenvalue weighted by Gasteiger charge is 2.26. The molecule has 3 aromatic rings. The molecule has 8 heteroatoms. The third-order valence-corrected chi connectivity index (χ3v) is 6.30. The summed E-state index contributed by atoms with van der Waals surface area (Å²) in [6.45, 7) is 12.1. The summed E-state index contributed by atoms with van der Waals surface area (Å²) in [4.78, 5) is 24.0. The monoisotopic (exact) mass is 441 g/mol. The Hall–Kier alpha value is -2.58. The Morgan fingerprint density at radius 2 is 1.97 bits per heavy atom. The second-order valence-corrected chi connectivity index (χ2v) is 10.3. The van der Waals surface area contributed by atoms with Crippen LogP contribution >= 0.6 is 11.3 Å². The molecule has 0 saturated carbocycles. The molecule has 1 aliphatic heterocycles. The number of ether oxygens (including phenoxy) is 1. The van der Waals surface area contributed by atoms with E-state index in [9.17, 15) is 4.79 Å². The highest BCUT2D eigenvalue weighted by Crippen LogP contribution is 2.31. The number of amides is 2. The van der Waals surface area contributed by atoms with E-state index in [1.54, 1.807) is 18.4 Å². The number of rotatable bonds is 4. The van der Waals surface area contributed by atoms with Crippen molar-refractivity contribution in [3.8, 4) is 17.0 Å². The van der Waals surface area contributed by atoms with Crippen LogP contribution in [0.5, 0.6) is 5.75 Å². The normalized spacial score (nSPS) is 15.5. The number of urea groups is 1. The van der Waals surface area contributed by atoms with Gasteiger partial charge in [0.05, 0.1) is 18.5 Å². The van der Waals surface area contributed by atoms with Crippen LogP contribution in [0.15, 0.2) is 30.5 Å². The quantitative estimate of drug-likeness (QED) is 0.665. The molecule has 1 saturated heterocycles. The number of aryl methyl sites for hydroxylation is 1. The molecule has 4 rings (SSSR count). The number of fused-ring (bicyclic) bond motifs is 1. The molecule has 2 amide bonds. The van der Waals surface area contributed by atoms with Crippen LogP contribution in [0, 0.1) is 6.92 Å². The van der Waals surface area contributed by atoms with Gasteiger partial charge in [-0.1, -0.05) is 12.1 Å². The van der Waals surface area contributed by atoms with Crippen molar-refractivity contribution in [2.45, 2.75) is 39.8 Å². The number of benzene rings is 1. The summed E-state index contributed by atoms with van der Waals surface area (Å²) in [6.07, 6.45) is 2.17. The summed E-state index contributed by atoms with van der Waals surface area (Å²) in [7, 11) is 1.68. The van der Waals surface area contributed by atoms with E-state index in [-0.39, 0.29) is 11.6 Å². The fourth-order valence-corrected chi connectivity index (χ4v) is 4.72. The summed E-state index contributed by atoms with van der Waals surface area (Å²) >= 11 is 1.70. The lowest BCUT2D eigenvalue weighted by Gasteiger charge is -2.36. The number of hydrogen-bond acceptors (Lipinski definition) is 5. The zero-order chi connectivity index (χ0) is 22.2. The lowest BCUT2D eigenvalue weighted by Crippen LogP contribution is -2.54. The standard InChI is InChI=1S/C23H31N5O2S/c1-16-14-28-19(15-26-9-11-27(12-10-26)21(29)25-23(2,3)4)20(24-22(28)31-16)17-7-6-8-18(13-17)30-5/h6-8,13-14H,9-12,15H2,1-5H3,(H,25,29). The van der Waals surface area contributed by atoms with Gasteiger partial charge in [-0.05, 0) is 39.8 Å². The number of carbonyl (C=O) groups excluding carboxylic acids is 1. The lowest BCUT2D eigenvalue weighted by molar-refractivity contribution is 0.130. The van der Waals surface area contributed by atoms with E-state index >= 15 is 0 Å². The molecule has 3 heterocycles. The fraction of sp³-hybridized carbons (Fsp3) is 0.478. The van der Waals surface area contributed by atoms with E-state index in [4.69, 9.17) is 9.72 Å². The van der Waals surface area contributed by atoms with Crippen molar-refractivity contribution in [3.63, 3.8) is 0 Å². The predicted molar refractivity (Wildman–Crippen MR) is 125 cm³/mol. The Morgan fingerprint density at radius 3 is 2.65 bits per heavy atom. The molecule has 2 aromatic heterocycles. The molecule has 0 radical (unpaired) electrons. The van der Waals surface area contributed by atoms with Gasteiger partial charge in [0.25, 0.3) is 0 Å². The first-order valence-electron chi connectivity index (χ1n) is 10.6. The van der Waals surface area contributed by atoms with E-state index in [0.29, 0.717) is 0 Å². The topological polar surface area (TPSA) is 62.1 Å². The number of carbonyl (C=O) groups is 1. The van der Waals surface area contributed by atoms with Crippen LogP contribution in [0.4, 0.5) is 4.79 Å². The van der Waals surface area contributed by atoms with Crippen LogP contribution in [0.2, 0.25) is 0 Å².